The maximum atomic E-state index is 11.3. The Hall–Kier alpha value is -2.57. The fourth-order valence-electron chi connectivity index (χ4n) is 3.36. The summed E-state index contributed by atoms with van der Waals surface area (Å²) in [4.78, 5) is 24.7. The smallest absolute Gasteiger partial charge is 0.223 e. The second-order valence-electron chi connectivity index (χ2n) is 6.91. The predicted octanol–water partition coefficient (Wildman–Crippen LogP) is 4.22. The fraction of sp³-hybridized carbons (Fsp3) is 0.500. The van der Waals surface area contributed by atoms with Crippen LogP contribution in [0.4, 0.5) is 0 Å². The summed E-state index contributed by atoms with van der Waals surface area (Å²) >= 11 is 6.13. The van der Waals surface area contributed by atoms with Gasteiger partial charge in [-0.3, -0.25) is 4.79 Å². The molecule has 3 rings (SSSR count). The van der Waals surface area contributed by atoms with Gasteiger partial charge in [0.15, 0.2) is 0 Å². The van der Waals surface area contributed by atoms with Crippen molar-refractivity contribution in [2.24, 2.45) is 5.11 Å². The van der Waals surface area contributed by atoms with Crippen LogP contribution in [0, 0.1) is 0 Å². The molecule has 142 valence electrons. The van der Waals surface area contributed by atoms with Crippen molar-refractivity contribution in [2.45, 2.75) is 45.3 Å². The lowest BCUT2D eigenvalue weighted by molar-refractivity contribution is -0.137. The van der Waals surface area contributed by atoms with Gasteiger partial charge in [-0.1, -0.05) is 30.1 Å². The molecule has 1 aliphatic heterocycles. The standard InChI is InChI=1S/C18H21ClN6O2/c1-4-5-18(3,23-24-20)15-8-22-17(14-7-21-16(19)6-13(14)15)27-12-9-25(10-12)11(2)26/h6-8,12H,4-5,9-10H2,1-3H3/t18-/m1/s1. The highest BCUT2D eigenvalue weighted by molar-refractivity contribution is 6.30. The third kappa shape index (κ3) is 3.77. The first kappa shape index (κ1) is 19.2. The van der Waals surface area contributed by atoms with Gasteiger partial charge in [-0.15, -0.1) is 0 Å². The van der Waals surface area contributed by atoms with E-state index in [0.717, 1.165) is 17.4 Å². The normalized spacial score (nSPS) is 16.4. The Morgan fingerprint density at radius 1 is 1.44 bits per heavy atom. The molecule has 8 nitrogen and oxygen atoms in total. The minimum Gasteiger partial charge on any atom is -0.470 e. The Morgan fingerprint density at radius 2 is 2.19 bits per heavy atom. The number of carbonyl (C=O) groups excluding carboxylic acids is 1. The molecule has 1 saturated heterocycles. The van der Waals surface area contributed by atoms with E-state index in [4.69, 9.17) is 21.9 Å². The lowest BCUT2D eigenvalue weighted by Gasteiger charge is -2.38. The first-order valence-corrected chi connectivity index (χ1v) is 9.19. The number of azide groups is 1. The predicted molar refractivity (Wildman–Crippen MR) is 103 cm³/mol. The van der Waals surface area contributed by atoms with Crippen LogP contribution in [0.3, 0.4) is 0 Å². The number of halogens is 1. The number of carbonyl (C=O) groups is 1. The van der Waals surface area contributed by atoms with Gasteiger partial charge < -0.3 is 9.64 Å². The van der Waals surface area contributed by atoms with Crippen molar-refractivity contribution in [2.75, 3.05) is 13.1 Å². The van der Waals surface area contributed by atoms with E-state index in [1.165, 1.54) is 6.92 Å². The number of likely N-dealkylation sites (tertiary alicyclic amines) is 1. The van der Waals surface area contributed by atoms with Crippen molar-refractivity contribution in [3.05, 3.63) is 39.6 Å². The van der Waals surface area contributed by atoms with Gasteiger partial charge in [0.1, 0.15) is 11.3 Å². The van der Waals surface area contributed by atoms with Crippen molar-refractivity contribution in [3.63, 3.8) is 0 Å². The molecule has 0 bridgehead atoms. The summed E-state index contributed by atoms with van der Waals surface area (Å²) in [5.74, 6) is 0.465. The Kier molecular flexibility index (Phi) is 5.39. The highest BCUT2D eigenvalue weighted by Crippen LogP contribution is 2.38. The number of nitrogens with zero attached hydrogens (tertiary/aromatic N) is 6. The number of rotatable bonds is 6. The number of pyridine rings is 2. The Balaban J connectivity index is 2.02. The molecule has 1 aliphatic rings. The summed E-state index contributed by atoms with van der Waals surface area (Å²) in [6, 6.07) is 1.74. The molecule has 3 heterocycles. The zero-order valence-electron chi connectivity index (χ0n) is 15.5. The van der Waals surface area contributed by atoms with Gasteiger partial charge in [-0.2, -0.15) is 0 Å². The van der Waals surface area contributed by atoms with Crippen molar-refractivity contribution in [1.82, 2.24) is 14.9 Å². The minimum atomic E-state index is -0.750. The van der Waals surface area contributed by atoms with Gasteiger partial charge in [0.2, 0.25) is 11.8 Å². The van der Waals surface area contributed by atoms with Crippen LogP contribution in [0.25, 0.3) is 21.2 Å². The molecule has 1 atom stereocenters. The van der Waals surface area contributed by atoms with E-state index < -0.39 is 5.54 Å². The third-order valence-corrected chi connectivity index (χ3v) is 5.06. The summed E-state index contributed by atoms with van der Waals surface area (Å²) < 4.78 is 5.98. The van der Waals surface area contributed by atoms with E-state index >= 15 is 0 Å². The van der Waals surface area contributed by atoms with Gasteiger partial charge in [-0.25, -0.2) is 9.97 Å². The van der Waals surface area contributed by atoms with Gasteiger partial charge >= 0.3 is 0 Å². The van der Waals surface area contributed by atoms with Crippen LogP contribution in [0.1, 0.15) is 39.2 Å². The SMILES string of the molecule is CCC[C@@](C)(N=[N+]=[N-])c1cnc(OC2CN(C(C)=O)C2)c2cnc(Cl)cc12. The Morgan fingerprint density at radius 3 is 2.81 bits per heavy atom. The molecular weight excluding hydrogens is 368 g/mol. The average Bonchev–Trinajstić information content (AvgIpc) is 2.57. The minimum absolute atomic E-state index is 0.0289. The number of amides is 1. The molecule has 1 fully saturated rings. The number of hydrogen-bond donors (Lipinski definition) is 0. The average molecular weight is 389 g/mol. The van der Waals surface area contributed by atoms with Crippen molar-refractivity contribution < 1.29 is 9.53 Å². The molecule has 0 aromatic carbocycles. The highest BCUT2D eigenvalue weighted by atomic mass is 35.5. The van der Waals surface area contributed by atoms with Crippen LogP contribution < -0.4 is 4.74 Å². The molecule has 0 aliphatic carbocycles. The maximum absolute atomic E-state index is 11.3. The summed E-state index contributed by atoms with van der Waals surface area (Å²) in [5.41, 5.74) is 9.08. The number of fused-ring (bicyclic) bond motifs is 1. The summed E-state index contributed by atoms with van der Waals surface area (Å²) in [6.45, 7) is 6.53. The number of ether oxygens (including phenoxy) is 1. The molecule has 1 amide bonds. The summed E-state index contributed by atoms with van der Waals surface area (Å²) in [7, 11) is 0. The maximum Gasteiger partial charge on any atom is 0.223 e. The molecule has 2 aromatic rings. The second-order valence-corrected chi connectivity index (χ2v) is 7.29. The number of aromatic nitrogens is 2. The van der Waals surface area contributed by atoms with Gasteiger partial charge in [-0.05, 0) is 35.9 Å². The first-order chi connectivity index (χ1) is 12.9. The fourth-order valence-corrected chi connectivity index (χ4v) is 3.52. The number of hydrogen-bond acceptors (Lipinski definition) is 5. The van der Waals surface area contributed by atoms with Crippen LogP contribution >= 0.6 is 11.6 Å². The van der Waals surface area contributed by atoms with Crippen molar-refractivity contribution in [1.29, 1.82) is 0 Å². The Labute approximate surface area is 162 Å². The second kappa shape index (κ2) is 7.58. The van der Waals surface area contributed by atoms with Gasteiger partial charge in [0.25, 0.3) is 0 Å². The van der Waals surface area contributed by atoms with Crippen LogP contribution in [0.2, 0.25) is 5.15 Å². The molecule has 0 radical (unpaired) electrons. The lowest BCUT2D eigenvalue weighted by Crippen LogP contribution is -2.55. The van der Waals surface area contributed by atoms with Crippen LogP contribution in [-0.4, -0.2) is 40.0 Å². The first-order valence-electron chi connectivity index (χ1n) is 8.81. The van der Waals surface area contributed by atoms with E-state index in [-0.39, 0.29) is 12.0 Å². The van der Waals surface area contributed by atoms with Crippen LogP contribution in [-0.2, 0) is 10.3 Å². The van der Waals surface area contributed by atoms with Crippen LogP contribution in [0.15, 0.2) is 23.6 Å². The summed E-state index contributed by atoms with van der Waals surface area (Å²) in [5, 5.41) is 5.87. The molecule has 0 saturated carbocycles. The summed E-state index contributed by atoms with van der Waals surface area (Å²) in [6.07, 6.45) is 4.71. The van der Waals surface area contributed by atoms with Crippen molar-refractivity contribution >= 4 is 28.3 Å². The molecule has 0 unspecified atom stereocenters. The zero-order valence-corrected chi connectivity index (χ0v) is 16.3. The van der Waals surface area contributed by atoms with E-state index in [9.17, 15) is 4.79 Å². The molecule has 0 N–H and O–H groups in total. The van der Waals surface area contributed by atoms with E-state index in [1.54, 1.807) is 23.4 Å². The monoisotopic (exact) mass is 388 g/mol. The van der Waals surface area contributed by atoms with Gasteiger partial charge in [0.05, 0.1) is 24.0 Å². The Bertz CT molecular complexity index is 923. The zero-order chi connectivity index (χ0) is 19.6. The third-order valence-electron chi connectivity index (χ3n) is 4.86. The lowest BCUT2D eigenvalue weighted by atomic mass is 9.87. The van der Waals surface area contributed by atoms with Crippen molar-refractivity contribution in [3.8, 4) is 5.88 Å². The molecule has 9 heteroatoms. The van der Waals surface area contributed by atoms with Crippen LogP contribution in [0.5, 0.6) is 5.88 Å². The van der Waals surface area contributed by atoms with Gasteiger partial charge in [0, 0.05) is 24.2 Å². The topological polar surface area (TPSA) is 104 Å². The molecular formula is C18H21ClN6O2. The van der Waals surface area contributed by atoms with E-state index in [2.05, 4.69) is 20.0 Å². The molecule has 2 aromatic heterocycles. The molecule has 0 spiro atoms. The van der Waals surface area contributed by atoms with E-state index in [0.29, 0.717) is 35.9 Å². The quantitative estimate of drug-likeness (QED) is 0.319. The van der Waals surface area contributed by atoms with E-state index in [1.807, 2.05) is 13.8 Å². The molecule has 27 heavy (non-hydrogen) atoms. The largest absolute Gasteiger partial charge is 0.470 e. The highest BCUT2D eigenvalue weighted by Gasteiger charge is 2.32.